The van der Waals surface area contributed by atoms with Crippen molar-refractivity contribution >= 4 is 11.6 Å². The van der Waals surface area contributed by atoms with Gasteiger partial charge in [-0.05, 0) is 49.9 Å². The third-order valence-corrected chi connectivity index (χ3v) is 3.58. The van der Waals surface area contributed by atoms with Crippen LogP contribution in [0.5, 0.6) is 0 Å². The maximum atomic E-state index is 12.2. The molecule has 1 aromatic carbocycles. The van der Waals surface area contributed by atoms with E-state index in [-0.39, 0.29) is 17.5 Å². The Kier molecular flexibility index (Phi) is 7.00. The average molecular weight is 290 g/mol. The van der Waals surface area contributed by atoms with Gasteiger partial charge in [-0.1, -0.05) is 26.0 Å². The molecular weight excluding hydrogens is 267 g/mol. The first-order valence-corrected chi connectivity index (χ1v) is 7.39. The van der Waals surface area contributed by atoms with Crippen molar-refractivity contribution in [3.8, 4) is 0 Å². The minimum atomic E-state index is -0.315. The van der Waals surface area contributed by atoms with E-state index in [1.54, 1.807) is 0 Å². The third kappa shape index (κ3) is 6.03. The van der Waals surface area contributed by atoms with Gasteiger partial charge in [0.1, 0.15) is 11.6 Å². The first-order chi connectivity index (χ1) is 9.93. The van der Waals surface area contributed by atoms with E-state index < -0.39 is 0 Å². The highest BCUT2D eigenvalue weighted by Gasteiger charge is 2.19. The molecule has 1 aliphatic carbocycles. The van der Waals surface area contributed by atoms with Crippen LogP contribution in [0.2, 0.25) is 0 Å². The molecule has 0 saturated carbocycles. The molecule has 0 amide bonds. The summed E-state index contributed by atoms with van der Waals surface area (Å²) in [7, 11) is 0. The van der Waals surface area contributed by atoms with Crippen molar-refractivity contribution in [2.24, 2.45) is 11.8 Å². The van der Waals surface area contributed by atoms with E-state index >= 15 is 0 Å². The van der Waals surface area contributed by atoms with Crippen molar-refractivity contribution in [2.75, 3.05) is 0 Å². The Bertz CT molecular complexity index is 502. The van der Waals surface area contributed by atoms with Gasteiger partial charge in [-0.25, -0.2) is 4.39 Å². The molecule has 0 heterocycles. The Hall–Kier alpha value is -1.77. The monoisotopic (exact) mass is 290 g/mol. The molecule has 0 unspecified atom stereocenters. The lowest BCUT2D eigenvalue weighted by molar-refractivity contribution is -0.121. The van der Waals surface area contributed by atoms with Crippen LogP contribution in [0.4, 0.5) is 4.39 Å². The summed E-state index contributed by atoms with van der Waals surface area (Å²) in [5.74, 6) is 0.960. The summed E-state index contributed by atoms with van der Waals surface area (Å²) >= 11 is 0. The van der Waals surface area contributed by atoms with E-state index in [2.05, 4.69) is 19.1 Å². The molecule has 1 aromatic rings. The van der Waals surface area contributed by atoms with Crippen LogP contribution in [0.15, 0.2) is 36.4 Å². The normalized spacial score (nSPS) is 20.4. The van der Waals surface area contributed by atoms with Crippen LogP contribution >= 0.6 is 0 Å². The Morgan fingerprint density at radius 2 is 1.86 bits per heavy atom. The molecule has 114 valence electrons. The van der Waals surface area contributed by atoms with E-state index in [0.717, 1.165) is 12.8 Å². The zero-order valence-corrected chi connectivity index (χ0v) is 12.9. The molecule has 0 N–H and O–H groups in total. The first-order valence-electron chi connectivity index (χ1n) is 7.39. The van der Waals surface area contributed by atoms with E-state index in [9.17, 15) is 14.0 Å². The second-order valence-electron chi connectivity index (χ2n) is 5.49. The van der Waals surface area contributed by atoms with Gasteiger partial charge in [0.2, 0.25) is 0 Å². The summed E-state index contributed by atoms with van der Waals surface area (Å²) in [5.41, 5.74) is 0.543. The summed E-state index contributed by atoms with van der Waals surface area (Å²) in [6.45, 7) is 5.60. The molecule has 3 heteroatoms. The van der Waals surface area contributed by atoms with Crippen molar-refractivity contribution < 1.29 is 14.0 Å². The zero-order valence-electron chi connectivity index (χ0n) is 12.9. The second-order valence-corrected chi connectivity index (χ2v) is 5.49. The van der Waals surface area contributed by atoms with Crippen LogP contribution in [0.1, 0.15) is 50.4 Å². The van der Waals surface area contributed by atoms with Gasteiger partial charge in [0.15, 0.2) is 5.78 Å². The summed E-state index contributed by atoms with van der Waals surface area (Å²) < 4.78 is 12.2. The van der Waals surface area contributed by atoms with Crippen LogP contribution in [-0.2, 0) is 4.79 Å². The predicted molar refractivity (Wildman–Crippen MR) is 82.7 cm³/mol. The number of rotatable bonds is 3. The van der Waals surface area contributed by atoms with Crippen molar-refractivity contribution in [3.05, 3.63) is 47.8 Å². The van der Waals surface area contributed by atoms with Gasteiger partial charge in [-0.15, -0.1) is 0 Å². The van der Waals surface area contributed by atoms with Gasteiger partial charge in [0.25, 0.3) is 0 Å². The number of ketones is 2. The number of benzene rings is 1. The molecule has 0 radical (unpaired) electrons. The predicted octanol–water partition coefficient (Wildman–Crippen LogP) is 4.60. The number of hydrogen-bond acceptors (Lipinski definition) is 2. The summed E-state index contributed by atoms with van der Waals surface area (Å²) in [6, 6.07) is 5.49. The topological polar surface area (TPSA) is 34.1 Å². The number of carbonyl (C=O) groups is 2. The van der Waals surface area contributed by atoms with Gasteiger partial charge in [0.05, 0.1) is 0 Å². The Balaban J connectivity index is 0.000000211. The smallest absolute Gasteiger partial charge is 0.159 e. The van der Waals surface area contributed by atoms with E-state index in [4.69, 9.17) is 0 Å². The second kappa shape index (κ2) is 8.50. The first kappa shape index (κ1) is 17.3. The fourth-order valence-electron chi connectivity index (χ4n) is 2.27. The molecule has 1 aliphatic rings. The molecule has 2 nitrogen and oxygen atoms in total. The van der Waals surface area contributed by atoms with Crippen LogP contribution in [0.3, 0.4) is 0 Å². The average Bonchev–Trinajstić information content (AvgIpc) is 2.47. The number of halogens is 1. The van der Waals surface area contributed by atoms with Crippen LogP contribution in [-0.4, -0.2) is 11.6 Å². The fourth-order valence-corrected chi connectivity index (χ4v) is 2.27. The molecule has 21 heavy (non-hydrogen) atoms. The molecule has 0 bridgehead atoms. The van der Waals surface area contributed by atoms with Crippen molar-refractivity contribution in [1.29, 1.82) is 0 Å². The summed E-state index contributed by atoms with van der Waals surface area (Å²) in [6.07, 6.45) is 7.11. The number of allylic oxidation sites excluding steroid dienone is 2. The zero-order chi connectivity index (χ0) is 15.8. The standard InChI is InChI=1S/C10H16O.C8H7FO/c1-3-10(11)9-6-4-5-8(2)7-9;1-6(10)7-2-4-8(9)5-3-7/h4,6,8-9H,3,5,7H2,1-2H3;2-5H,1H3/t8-,9+;/m1./s1. The van der Waals surface area contributed by atoms with E-state index in [0.29, 0.717) is 23.7 Å². The molecule has 0 spiro atoms. The van der Waals surface area contributed by atoms with Crippen molar-refractivity contribution in [2.45, 2.75) is 40.0 Å². The minimum Gasteiger partial charge on any atom is -0.299 e. The van der Waals surface area contributed by atoms with E-state index in [1.807, 2.05) is 6.92 Å². The highest BCUT2D eigenvalue weighted by Crippen LogP contribution is 2.23. The molecule has 0 fully saturated rings. The maximum Gasteiger partial charge on any atom is 0.159 e. The Morgan fingerprint density at radius 1 is 1.24 bits per heavy atom. The molecule has 0 saturated heterocycles. The van der Waals surface area contributed by atoms with Gasteiger partial charge in [0, 0.05) is 17.9 Å². The van der Waals surface area contributed by atoms with Gasteiger partial charge < -0.3 is 0 Å². The van der Waals surface area contributed by atoms with Gasteiger partial charge in [-0.2, -0.15) is 0 Å². The molecule has 2 rings (SSSR count). The minimum absolute atomic E-state index is 0.0417. The number of hydrogen-bond donors (Lipinski definition) is 0. The van der Waals surface area contributed by atoms with Gasteiger partial charge in [-0.3, -0.25) is 9.59 Å². The van der Waals surface area contributed by atoms with Crippen LogP contribution in [0, 0.1) is 17.7 Å². The van der Waals surface area contributed by atoms with Crippen molar-refractivity contribution in [3.63, 3.8) is 0 Å². The Morgan fingerprint density at radius 3 is 2.33 bits per heavy atom. The molecular formula is C18H23FO2. The molecule has 2 atom stereocenters. The SMILES string of the molecule is CC(=O)c1ccc(F)cc1.CCC(=O)[C@H]1C=CC[C@@H](C)C1. The molecule has 0 aromatic heterocycles. The molecule has 0 aliphatic heterocycles. The van der Waals surface area contributed by atoms with Crippen molar-refractivity contribution in [1.82, 2.24) is 0 Å². The summed E-state index contributed by atoms with van der Waals surface area (Å²) in [4.78, 5) is 21.9. The summed E-state index contributed by atoms with van der Waals surface area (Å²) in [5, 5.41) is 0. The lowest BCUT2D eigenvalue weighted by Crippen LogP contribution is -2.17. The number of Topliss-reactive ketones (excluding diaryl/α,β-unsaturated/α-hetero) is 2. The Labute approximate surface area is 126 Å². The largest absolute Gasteiger partial charge is 0.299 e. The third-order valence-electron chi connectivity index (χ3n) is 3.58. The highest BCUT2D eigenvalue weighted by molar-refractivity contribution is 5.93. The fraction of sp³-hybridized carbons (Fsp3) is 0.444. The van der Waals surface area contributed by atoms with E-state index in [1.165, 1.54) is 31.2 Å². The number of carbonyl (C=O) groups excluding carboxylic acids is 2. The van der Waals surface area contributed by atoms with Crippen LogP contribution in [0.25, 0.3) is 0 Å². The maximum absolute atomic E-state index is 12.2. The lowest BCUT2D eigenvalue weighted by Gasteiger charge is -2.19. The van der Waals surface area contributed by atoms with Crippen LogP contribution < -0.4 is 0 Å². The van der Waals surface area contributed by atoms with Gasteiger partial charge >= 0.3 is 0 Å². The quantitative estimate of drug-likeness (QED) is 0.602. The lowest BCUT2D eigenvalue weighted by atomic mass is 9.85. The highest BCUT2D eigenvalue weighted by atomic mass is 19.1.